The summed E-state index contributed by atoms with van der Waals surface area (Å²) in [6.07, 6.45) is 5.06. The molecule has 2 N–H and O–H groups in total. The Kier molecular flexibility index (Phi) is 14.8. The molecule has 3 rings (SSSR count). The molecule has 0 spiro atoms. The van der Waals surface area contributed by atoms with Crippen molar-refractivity contribution in [3.63, 3.8) is 0 Å². The number of hydrogen-bond donors (Lipinski definition) is 0. The van der Waals surface area contributed by atoms with E-state index in [1.165, 1.54) is 0 Å². The van der Waals surface area contributed by atoms with E-state index in [1.807, 2.05) is 34.5 Å². The zero-order valence-corrected chi connectivity index (χ0v) is 26.2. The van der Waals surface area contributed by atoms with Gasteiger partial charge in [-0.2, -0.15) is 6.08 Å². The average Bonchev–Trinajstić information content (AvgIpc) is 3.51. The predicted molar refractivity (Wildman–Crippen MR) is 141 cm³/mol. The third-order valence-corrected chi connectivity index (χ3v) is 5.14. The van der Waals surface area contributed by atoms with Crippen LogP contribution in [0.2, 0.25) is 0 Å². The Bertz CT molecular complexity index is 1270. The molecule has 1 radical (unpaired) electrons. The topological polar surface area (TPSA) is 164 Å². The SMILES string of the molecule is COC(=O)[C-]=CC(=[C-]C(=O)OC)C(=O)OC.Cc1cc(C)n([B-](n2nc(C)cc2C)n2nc(C)cc2C)n1.O.[Ir+3]. The second kappa shape index (κ2) is 16.3. The Morgan fingerprint density at radius 2 is 1.10 bits per heavy atom. The molecule has 3 aromatic heterocycles. The van der Waals surface area contributed by atoms with Gasteiger partial charge >= 0.3 is 20.1 Å². The van der Waals surface area contributed by atoms with Gasteiger partial charge in [-0.3, -0.25) is 15.2 Å². The number of nitrogens with zero attached hydrogens (tertiary/aromatic N) is 6. The molecule has 15 heteroatoms. The molecule has 0 fully saturated rings. The molecule has 40 heavy (non-hydrogen) atoms. The van der Waals surface area contributed by atoms with Gasteiger partial charge in [0.2, 0.25) is 5.97 Å². The summed E-state index contributed by atoms with van der Waals surface area (Å²) in [6, 6.07) is 6.22. The van der Waals surface area contributed by atoms with E-state index in [0.717, 1.165) is 61.6 Å². The van der Waals surface area contributed by atoms with E-state index in [9.17, 15) is 14.4 Å². The molecule has 0 saturated carbocycles. The second-order valence-corrected chi connectivity index (χ2v) is 8.26. The van der Waals surface area contributed by atoms with Crippen LogP contribution in [0.3, 0.4) is 0 Å². The van der Waals surface area contributed by atoms with Gasteiger partial charge in [-0.15, -0.1) is 0 Å². The standard InChI is InChI=1S/C15H21BN6.C10H10O6.Ir.H2O/c1-10-7-13(4)20(17-10)16(21-14(5)8-11(2)18-21)22-15(6)9-12(3)19-22;1-14-8(11)5-4-7(10(13)16-3)6-9(12)15-2;;/h7-9H,1-6H3;4H,1-3H3;;1H2/q-1;-2;+3;. The zero-order chi connectivity index (χ0) is 28.6. The Balaban J connectivity index is 0.000000764. The molecule has 0 bridgehead atoms. The summed E-state index contributed by atoms with van der Waals surface area (Å²) < 4.78 is 18.8. The van der Waals surface area contributed by atoms with Crippen molar-refractivity contribution in [3.8, 4) is 0 Å². The minimum absolute atomic E-state index is 0. The first-order valence-electron chi connectivity index (χ1n) is 11.5. The molecule has 217 valence electrons. The van der Waals surface area contributed by atoms with E-state index in [4.69, 9.17) is 0 Å². The van der Waals surface area contributed by atoms with Crippen LogP contribution in [-0.4, -0.2) is 80.9 Å². The number of aromatic nitrogens is 6. The van der Waals surface area contributed by atoms with E-state index >= 15 is 0 Å². The largest absolute Gasteiger partial charge is 3.00 e. The summed E-state index contributed by atoms with van der Waals surface area (Å²) in [6.45, 7) is 12.2. The Hall–Kier alpha value is -3.81. The molecule has 0 aromatic carbocycles. The van der Waals surface area contributed by atoms with Gasteiger partial charge in [0.25, 0.3) is 13.1 Å². The second-order valence-electron chi connectivity index (χ2n) is 8.26. The number of ether oxygens (including phenoxy) is 3. The van der Waals surface area contributed by atoms with Gasteiger partial charge in [0.1, 0.15) is 5.97 Å². The maximum atomic E-state index is 11.1. The summed E-state index contributed by atoms with van der Waals surface area (Å²) >= 11 is 0. The van der Waals surface area contributed by atoms with Gasteiger partial charge in [0.15, 0.2) is 0 Å². The van der Waals surface area contributed by atoms with Gasteiger partial charge in [0.05, 0.1) is 38.4 Å². The molecule has 0 aliphatic carbocycles. The predicted octanol–water partition coefficient (Wildman–Crippen LogP) is 0.823. The Morgan fingerprint density at radius 1 is 0.725 bits per heavy atom. The smallest absolute Gasteiger partial charge is 0.536 e. The molecule has 0 amide bonds. The van der Waals surface area contributed by atoms with Crippen molar-refractivity contribution in [2.75, 3.05) is 21.3 Å². The number of carbonyl (C=O) groups is 3. The molecular weight excluding hydrogens is 699 g/mol. The molecule has 0 aliphatic rings. The Labute approximate surface area is 247 Å². The van der Waals surface area contributed by atoms with Gasteiger partial charge in [-0.25, -0.2) is 21.4 Å². The summed E-state index contributed by atoms with van der Waals surface area (Å²) in [5.41, 5.74) is 5.94. The van der Waals surface area contributed by atoms with Gasteiger partial charge in [-0.05, 0) is 76.8 Å². The van der Waals surface area contributed by atoms with Crippen LogP contribution >= 0.6 is 0 Å². The average molecular weight is 733 g/mol. The fourth-order valence-electron chi connectivity index (χ4n) is 3.56. The first-order valence-corrected chi connectivity index (χ1v) is 11.5. The first kappa shape index (κ1) is 36.2. The van der Waals surface area contributed by atoms with Crippen molar-refractivity contribution >= 4 is 25.0 Å². The fourth-order valence-corrected chi connectivity index (χ4v) is 3.56. The summed E-state index contributed by atoms with van der Waals surface area (Å²) in [5.74, 6) is -2.52. The van der Waals surface area contributed by atoms with Crippen LogP contribution in [0.4, 0.5) is 0 Å². The van der Waals surface area contributed by atoms with Crippen molar-refractivity contribution in [1.29, 1.82) is 0 Å². The quantitative estimate of drug-likeness (QED) is 0.0855. The molecule has 3 aromatic rings. The van der Waals surface area contributed by atoms with Crippen molar-refractivity contribution < 1.29 is 54.2 Å². The van der Waals surface area contributed by atoms with Crippen LogP contribution in [0.5, 0.6) is 0 Å². The summed E-state index contributed by atoms with van der Waals surface area (Å²) in [4.78, 5) is 32.7. The third kappa shape index (κ3) is 9.43. The molecule has 0 aliphatic heterocycles. The summed E-state index contributed by atoms with van der Waals surface area (Å²) in [7, 11) is 3.16. The number of aryl methyl sites for hydroxylation is 6. The van der Waals surface area contributed by atoms with Crippen molar-refractivity contribution in [3.05, 3.63) is 76.2 Å². The molecule has 0 saturated heterocycles. The molecule has 0 atom stereocenters. The van der Waals surface area contributed by atoms with Crippen LogP contribution in [0.1, 0.15) is 34.2 Å². The van der Waals surface area contributed by atoms with Gasteiger partial charge < -0.3 is 44.3 Å². The van der Waals surface area contributed by atoms with E-state index < -0.39 is 17.9 Å². The third-order valence-electron chi connectivity index (χ3n) is 5.14. The van der Waals surface area contributed by atoms with E-state index in [0.29, 0.717) is 0 Å². The number of carbonyl (C=O) groups excluding carboxylic acids is 3. The van der Waals surface area contributed by atoms with Crippen LogP contribution in [0, 0.1) is 53.7 Å². The van der Waals surface area contributed by atoms with Crippen LogP contribution in [-0.2, 0) is 48.7 Å². The minimum atomic E-state index is -0.872. The molecule has 0 unspecified atom stereocenters. The number of methoxy groups -OCH3 is 3. The van der Waals surface area contributed by atoms with E-state index in [2.05, 4.69) is 80.6 Å². The maximum Gasteiger partial charge on any atom is 3.00 e. The van der Waals surface area contributed by atoms with Crippen LogP contribution in [0.25, 0.3) is 0 Å². The van der Waals surface area contributed by atoms with E-state index in [1.54, 1.807) is 0 Å². The first-order chi connectivity index (χ1) is 17.9. The van der Waals surface area contributed by atoms with E-state index in [-0.39, 0.29) is 38.3 Å². The molecular formula is C25H33BIrN6O7. The normalized spacial score (nSPS) is 10.8. The molecule has 13 nitrogen and oxygen atoms in total. The van der Waals surface area contributed by atoms with Gasteiger partial charge in [0, 0.05) is 0 Å². The van der Waals surface area contributed by atoms with Gasteiger partial charge in [-0.1, -0.05) is 0 Å². The van der Waals surface area contributed by atoms with Crippen LogP contribution in [0.15, 0.2) is 29.8 Å². The monoisotopic (exact) mass is 733 g/mol. The fraction of sp³-hybridized carbons (Fsp3) is 0.360. The Morgan fingerprint density at radius 3 is 1.38 bits per heavy atom. The van der Waals surface area contributed by atoms with Crippen molar-refractivity contribution in [2.24, 2.45) is 0 Å². The molecule has 3 heterocycles. The zero-order valence-electron chi connectivity index (χ0n) is 23.9. The number of esters is 3. The summed E-state index contributed by atoms with van der Waals surface area (Å²) in [5, 5.41) is 14.0. The number of hydrogen-bond acceptors (Lipinski definition) is 9. The minimum Gasteiger partial charge on any atom is -0.536 e. The van der Waals surface area contributed by atoms with Crippen LogP contribution < -0.4 is 0 Å². The van der Waals surface area contributed by atoms with Crippen molar-refractivity contribution in [1.82, 2.24) is 29.1 Å². The maximum absolute atomic E-state index is 11.1. The van der Waals surface area contributed by atoms with Crippen molar-refractivity contribution in [2.45, 2.75) is 41.5 Å². The number of rotatable bonds is 7.